The van der Waals surface area contributed by atoms with E-state index in [-0.39, 0.29) is 25.2 Å². The molecule has 27 heavy (non-hydrogen) atoms. The average molecular weight is 382 g/mol. The van der Waals surface area contributed by atoms with Gasteiger partial charge in [-0.25, -0.2) is 4.98 Å². The standard InChI is InChI=1S/C18H14N4O4S/c23-16(22-18-21-13(9-27-18)11-3-5-19-6-4-11)8-20-17(24)12-1-2-14-15(7-12)26-10-25-14/h1-7,9H,8,10H2,(H,20,24)(H,21,22,23). The van der Waals surface area contributed by atoms with Crippen LogP contribution in [0.5, 0.6) is 11.5 Å². The molecule has 1 aliphatic heterocycles. The second kappa shape index (κ2) is 7.42. The van der Waals surface area contributed by atoms with Gasteiger partial charge < -0.3 is 20.1 Å². The van der Waals surface area contributed by atoms with Crippen molar-refractivity contribution in [2.75, 3.05) is 18.7 Å². The smallest absolute Gasteiger partial charge is 0.251 e. The number of carbonyl (C=O) groups is 2. The molecule has 0 saturated heterocycles. The van der Waals surface area contributed by atoms with Crippen molar-refractivity contribution in [1.29, 1.82) is 0 Å². The molecule has 0 spiro atoms. The second-order valence-electron chi connectivity index (χ2n) is 5.57. The number of hydrogen-bond donors (Lipinski definition) is 2. The van der Waals surface area contributed by atoms with Crippen LogP contribution in [-0.4, -0.2) is 35.1 Å². The third-order valence-electron chi connectivity index (χ3n) is 3.77. The zero-order valence-electron chi connectivity index (χ0n) is 14.0. The summed E-state index contributed by atoms with van der Waals surface area (Å²) in [7, 11) is 0. The molecule has 0 radical (unpaired) electrons. The third kappa shape index (κ3) is 3.87. The number of hydrogen-bond acceptors (Lipinski definition) is 7. The number of thiazole rings is 1. The Morgan fingerprint density at radius 2 is 1.93 bits per heavy atom. The summed E-state index contributed by atoms with van der Waals surface area (Å²) in [4.78, 5) is 32.6. The fourth-order valence-corrected chi connectivity index (χ4v) is 3.19. The number of pyridine rings is 1. The molecule has 2 aromatic heterocycles. The van der Waals surface area contributed by atoms with Gasteiger partial charge in [0.25, 0.3) is 5.91 Å². The van der Waals surface area contributed by atoms with Gasteiger partial charge in [0, 0.05) is 28.9 Å². The Morgan fingerprint density at radius 3 is 2.78 bits per heavy atom. The highest BCUT2D eigenvalue weighted by Crippen LogP contribution is 2.32. The van der Waals surface area contributed by atoms with Gasteiger partial charge in [0.15, 0.2) is 16.6 Å². The molecule has 3 aromatic rings. The molecular weight excluding hydrogens is 368 g/mol. The van der Waals surface area contributed by atoms with Crippen molar-refractivity contribution in [1.82, 2.24) is 15.3 Å². The first-order chi connectivity index (χ1) is 13.2. The summed E-state index contributed by atoms with van der Waals surface area (Å²) in [5, 5.41) is 7.55. The van der Waals surface area contributed by atoms with Gasteiger partial charge in [-0.1, -0.05) is 0 Å². The Labute approximate surface area is 158 Å². The van der Waals surface area contributed by atoms with E-state index in [1.54, 1.807) is 30.6 Å². The topological polar surface area (TPSA) is 102 Å². The van der Waals surface area contributed by atoms with Crippen LogP contribution in [0.3, 0.4) is 0 Å². The minimum absolute atomic E-state index is 0.137. The lowest BCUT2D eigenvalue weighted by Crippen LogP contribution is -2.32. The highest BCUT2D eigenvalue weighted by atomic mass is 32.1. The number of benzene rings is 1. The third-order valence-corrected chi connectivity index (χ3v) is 4.53. The van der Waals surface area contributed by atoms with Crippen LogP contribution in [0.4, 0.5) is 5.13 Å². The highest BCUT2D eigenvalue weighted by Gasteiger charge is 2.17. The molecule has 9 heteroatoms. The zero-order valence-corrected chi connectivity index (χ0v) is 14.8. The summed E-state index contributed by atoms with van der Waals surface area (Å²) in [5.41, 5.74) is 2.06. The largest absolute Gasteiger partial charge is 0.454 e. The van der Waals surface area contributed by atoms with Crippen molar-refractivity contribution in [2.24, 2.45) is 0 Å². The second-order valence-corrected chi connectivity index (χ2v) is 6.43. The predicted molar refractivity (Wildman–Crippen MR) is 98.9 cm³/mol. The van der Waals surface area contributed by atoms with Crippen molar-refractivity contribution in [3.05, 3.63) is 53.7 Å². The van der Waals surface area contributed by atoms with Gasteiger partial charge in [-0.2, -0.15) is 0 Å². The number of carbonyl (C=O) groups excluding carboxylic acids is 2. The number of ether oxygens (including phenoxy) is 2. The molecular formula is C18H14N4O4S. The van der Waals surface area contributed by atoms with Crippen LogP contribution < -0.4 is 20.1 Å². The average Bonchev–Trinajstić information content (AvgIpc) is 3.35. The Bertz CT molecular complexity index is 990. The Morgan fingerprint density at radius 1 is 1.11 bits per heavy atom. The molecule has 3 heterocycles. The number of nitrogens with one attached hydrogen (secondary N) is 2. The van der Waals surface area contributed by atoms with E-state index in [1.807, 2.05) is 17.5 Å². The fourth-order valence-electron chi connectivity index (χ4n) is 2.45. The Kier molecular flexibility index (Phi) is 4.67. The molecule has 8 nitrogen and oxygen atoms in total. The van der Waals surface area contributed by atoms with Crippen molar-refractivity contribution in [3.63, 3.8) is 0 Å². The summed E-state index contributed by atoms with van der Waals surface area (Å²) >= 11 is 1.31. The van der Waals surface area contributed by atoms with E-state index in [4.69, 9.17) is 9.47 Å². The normalized spacial score (nSPS) is 11.9. The number of amides is 2. The summed E-state index contributed by atoms with van der Waals surface area (Å²) in [6, 6.07) is 8.53. The van der Waals surface area contributed by atoms with Crippen LogP contribution in [0.2, 0.25) is 0 Å². The first kappa shape index (κ1) is 17.0. The molecule has 0 fully saturated rings. The summed E-state index contributed by atoms with van der Waals surface area (Å²) in [6.07, 6.45) is 3.36. The molecule has 2 N–H and O–H groups in total. The quantitative estimate of drug-likeness (QED) is 0.702. The summed E-state index contributed by atoms with van der Waals surface area (Å²) in [6.45, 7) is -0.0322. The molecule has 4 rings (SSSR count). The van der Waals surface area contributed by atoms with E-state index >= 15 is 0 Å². The van der Waals surface area contributed by atoms with Crippen molar-refractivity contribution < 1.29 is 19.1 Å². The first-order valence-electron chi connectivity index (χ1n) is 8.03. The van der Waals surface area contributed by atoms with Gasteiger partial charge in [-0.15, -0.1) is 11.3 Å². The molecule has 0 bridgehead atoms. The highest BCUT2D eigenvalue weighted by molar-refractivity contribution is 7.14. The SMILES string of the molecule is O=C(CNC(=O)c1ccc2c(c1)OCO2)Nc1nc(-c2ccncc2)cs1. The molecule has 0 unspecified atom stereocenters. The molecule has 2 amide bonds. The van der Waals surface area contributed by atoms with E-state index in [9.17, 15) is 9.59 Å². The maximum atomic E-state index is 12.2. The van der Waals surface area contributed by atoms with Crippen molar-refractivity contribution in [3.8, 4) is 22.8 Å². The van der Waals surface area contributed by atoms with Gasteiger partial charge in [-0.05, 0) is 30.3 Å². The molecule has 0 atom stereocenters. The molecule has 136 valence electrons. The lowest BCUT2D eigenvalue weighted by Gasteiger charge is -2.06. The van der Waals surface area contributed by atoms with Crippen LogP contribution >= 0.6 is 11.3 Å². The summed E-state index contributed by atoms with van der Waals surface area (Å²) in [5.74, 6) is 0.372. The molecule has 0 aliphatic carbocycles. The van der Waals surface area contributed by atoms with Gasteiger partial charge in [-0.3, -0.25) is 14.6 Å². The Hall–Kier alpha value is -3.46. The summed E-state index contributed by atoms with van der Waals surface area (Å²) < 4.78 is 10.4. The van der Waals surface area contributed by atoms with Crippen LogP contribution in [0.15, 0.2) is 48.1 Å². The lowest BCUT2D eigenvalue weighted by atomic mass is 10.2. The number of anilines is 1. The maximum absolute atomic E-state index is 12.2. The van der Waals surface area contributed by atoms with Crippen molar-refractivity contribution >= 4 is 28.3 Å². The minimum Gasteiger partial charge on any atom is -0.454 e. The molecule has 0 saturated carbocycles. The van der Waals surface area contributed by atoms with E-state index in [1.165, 1.54) is 11.3 Å². The number of rotatable bonds is 5. The monoisotopic (exact) mass is 382 g/mol. The lowest BCUT2D eigenvalue weighted by molar-refractivity contribution is -0.115. The van der Waals surface area contributed by atoms with Gasteiger partial charge >= 0.3 is 0 Å². The first-order valence-corrected chi connectivity index (χ1v) is 8.90. The van der Waals surface area contributed by atoms with Crippen molar-refractivity contribution in [2.45, 2.75) is 0 Å². The number of fused-ring (bicyclic) bond motifs is 1. The molecule has 1 aliphatic rings. The van der Waals surface area contributed by atoms with E-state index in [0.29, 0.717) is 22.2 Å². The van der Waals surface area contributed by atoms with Gasteiger partial charge in [0.05, 0.1) is 12.2 Å². The zero-order chi connectivity index (χ0) is 18.6. The van der Waals surface area contributed by atoms with Gasteiger partial charge in [0.1, 0.15) is 0 Å². The Balaban J connectivity index is 1.32. The fraction of sp³-hybridized carbons (Fsp3) is 0.111. The van der Waals surface area contributed by atoms with E-state index in [2.05, 4.69) is 20.6 Å². The van der Waals surface area contributed by atoms with Crippen LogP contribution in [0.25, 0.3) is 11.3 Å². The molecule has 1 aromatic carbocycles. The number of aromatic nitrogens is 2. The van der Waals surface area contributed by atoms with Crippen LogP contribution in [0, 0.1) is 0 Å². The van der Waals surface area contributed by atoms with Gasteiger partial charge in [0.2, 0.25) is 12.7 Å². The van der Waals surface area contributed by atoms with Crippen LogP contribution in [0.1, 0.15) is 10.4 Å². The van der Waals surface area contributed by atoms with E-state index < -0.39 is 0 Å². The van der Waals surface area contributed by atoms with E-state index in [0.717, 1.165) is 11.3 Å². The maximum Gasteiger partial charge on any atom is 0.251 e. The number of nitrogens with zero attached hydrogens (tertiary/aromatic N) is 2. The predicted octanol–water partition coefficient (Wildman–Crippen LogP) is 2.30. The minimum atomic E-state index is -0.375. The van der Waals surface area contributed by atoms with Crippen LogP contribution in [-0.2, 0) is 4.79 Å².